The number of likely N-dealkylation sites (tertiary alicyclic amines) is 1. The maximum atomic E-state index is 11.5. The van der Waals surface area contributed by atoms with Gasteiger partial charge in [-0.05, 0) is 46.7 Å². The van der Waals surface area contributed by atoms with Crippen LogP contribution in [0.2, 0.25) is 0 Å². The molecule has 1 rings (SSSR count). The van der Waals surface area contributed by atoms with Gasteiger partial charge in [0.2, 0.25) is 0 Å². The fraction of sp³-hybridized carbons (Fsp3) is 0.917. The fourth-order valence-electron chi connectivity index (χ4n) is 1.98. The van der Waals surface area contributed by atoms with E-state index in [1.165, 1.54) is 12.8 Å². The number of ether oxygens (including phenoxy) is 1. The van der Waals surface area contributed by atoms with Gasteiger partial charge in [-0.25, -0.2) is 4.79 Å². The third-order valence-corrected chi connectivity index (χ3v) is 2.81. The van der Waals surface area contributed by atoms with Crippen LogP contribution in [-0.4, -0.2) is 48.8 Å². The van der Waals surface area contributed by atoms with Crippen LogP contribution in [0.15, 0.2) is 0 Å². The molecule has 1 aliphatic rings. The quantitative estimate of drug-likeness (QED) is 0.771. The summed E-state index contributed by atoms with van der Waals surface area (Å²) in [4.78, 5) is 13.8. The normalized spacial score (nSPS) is 19.1. The molecule has 0 aromatic rings. The lowest BCUT2D eigenvalue weighted by atomic mass is 10.2. The minimum atomic E-state index is -0.448. The number of carbonyl (C=O) groups is 1. The molecule has 0 aromatic carbocycles. The van der Waals surface area contributed by atoms with Gasteiger partial charge >= 0.3 is 6.09 Å². The molecule has 1 heterocycles. The van der Waals surface area contributed by atoms with Crippen molar-refractivity contribution in [2.75, 3.05) is 26.2 Å². The molecule has 1 unspecified atom stereocenters. The molecule has 100 valence electrons. The monoisotopic (exact) mass is 243 g/mol. The van der Waals surface area contributed by atoms with Crippen molar-refractivity contribution in [3.8, 4) is 0 Å². The Morgan fingerprint density at radius 2 is 2.00 bits per heavy atom. The van der Waals surface area contributed by atoms with Gasteiger partial charge in [-0.2, -0.15) is 0 Å². The first-order valence-electron chi connectivity index (χ1n) is 6.33. The van der Waals surface area contributed by atoms with Crippen molar-refractivity contribution in [2.24, 2.45) is 5.73 Å². The van der Waals surface area contributed by atoms with Crippen molar-refractivity contribution in [2.45, 2.75) is 45.3 Å². The van der Waals surface area contributed by atoms with E-state index in [-0.39, 0.29) is 12.1 Å². The van der Waals surface area contributed by atoms with E-state index >= 15 is 0 Å². The van der Waals surface area contributed by atoms with E-state index in [0.717, 1.165) is 13.1 Å². The zero-order valence-corrected chi connectivity index (χ0v) is 11.2. The van der Waals surface area contributed by atoms with E-state index in [2.05, 4.69) is 10.2 Å². The molecule has 1 amide bonds. The summed E-state index contributed by atoms with van der Waals surface area (Å²) in [6.07, 6.45) is 2.08. The number of carbonyl (C=O) groups excluding carboxylic acids is 1. The molecule has 0 saturated carbocycles. The van der Waals surface area contributed by atoms with Crippen molar-refractivity contribution < 1.29 is 9.53 Å². The van der Waals surface area contributed by atoms with E-state index in [9.17, 15) is 4.79 Å². The van der Waals surface area contributed by atoms with Crippen LogP contribution in [0.5, 0.6) is 0 Å². The Balaban J connectivity index is 2.29. The Morgan fingerprint density at radius 3 is 2.47 bits per heavy atom. The number of nitrogens with zero attached hydrogens (tertiary/aromatic N) is 1. The van der Waals surface area contributed by atoms with E-state index in [0.29, 0.717) is 13.1 Å². The molecule has 0 radical (unpaired) electrons. The van der Waals surface area contributed by atoms with Gasteiger partial charge in [-0.15, -0.1) is 0 Å². The van der Waals surface area contributed by atoms with E-state index in [4.69, 9.17) is 10.5 Å². The van der Waals surface area contributed by atoms with Crippen molar-refractivity contribution in [1.82, 2.24) is 10.2 Å². The molecule has 5 heteroatoms. The zero-order valence-electron chi connectivity index (χ0n) is 11.2. The minimum absolute atomic E-state index is 0.227. The van der Waals surface area contributed by atoms with Gasteiger partial charge in [0.05, 0.1) is 0 Å². The third-order valence-electron chi connectivity index (χ3n) is 2.81. The molecule has 1 atom stereocenters. The van der Waals surface area contributed by atoms with Crippen LogP contribution in [0.4, 0.5) is 4.79 Å². The Bertz CT molecular complexity index is 245. The molecule has 1 saturated heterocycles. The highest BCUT2D eigenvalue weighted by Crippen LogP contribution is 2.11. The van der Waals surface area contributed by atoms with E-state index in [1.54, 1.807) is 0 Å². The molecule has 1 fully saturated rings. The average Bonchev–Trinajstić information content (AvgIpc) is 2.69. The van der Waals surface area contributed by atoms with Crippen molar-refractivity contribution >= 4 is 6.09 Å². The first-order chi connectivity index (χ1) is 7.92. The Morgan fingerprint density at radius 1 is 1.41 bits per heavy atom. The summed E-state index contributed by atoms with van der Waals surface area (Å²) in [5.74, 6) is 0. The number of hydrogen-bond acceptors (Lipinski definition) is 4. The zero-order chi connectivity index (χ0) is 12.9. The summed E-state index contributed by atoms with van der Waals surface area (Å²) in [5.41, 5.74) is 5.28. The Kier molecular flexibility index (Phi) is 5.21. The van der Waals surface area contributed by atoms with Gasteiger partial charge in [-0.1, -0.05) is 0 Å². The molecule has 0 aromatic heterocycles. The van der Waals surface area contributed by atoms with Crippen LogP contribution in [0.3, 0.4) is 0 Å². The molecule has 0 bridgehead atoms. The Hall–Kier alpha value is -0.810. The number of nitrogens with one attached hydrogen (secondary N) is 1. The second kappa shape index (κ2) is 6.21. The molecular weight excluding hydrogens is 218 g/mol. The predicted octanol–water partition coefficient (Wildman–Crippen LogP) is 0.934. The van der Waals surface area contributed by atoms with E-state index in [1.807, 2.05) is 20.8 Å². The van der Waals surface area contributed by atoms with Gasteiger partial charge in [0.1, 0.15) is 5.60 Å². The number of hydrogen-bond donors (Lipinski definition) is 2. The van der Waals surface area contributed by atoms with E-state index < -0.39 is 5.60 Å². The largest absolute Gasteiger partial charge is 0.444 e. The molecule has 5 nitrogen and oxygen atoms in total. The first-order valence-corrected chi connectivity index (χ1v) is 6.33. The lowest BCUT2D eigenvalue weighted by molar-refractivity contribution is 0.0512. The number of alkyl carbamates (subject to hydrolysis) is 1. The highest BCUT2D eigenvalue weighted by Gasteiger charge is 2.22. The van der Waals surface area contributed by atoms with Crippen LogP contribution in [0.25, 0.3) is 0 Å². The summed E-state index contributed by atoms with van der Waals surface area (Å²) in [6, 6.07) is 0.227. The van der Waals surface area contributed by atoms with Crippen molar-refractivity contribution in [3.63, 3.8) is 0 Å². The molecule has 0 spiro atoms. The standard InChI is InChI=1S/C12H25N3O2/c1-12(2,3)17-11(16)14-9-10(8-13)15-6-4-5-7-15/h10H,4-9,13H2,1-3H3,(H,14,16). The lowest BCUT2D eigenvalue weighted by Crippen LogP contribution is -2.47. The van der Waals surface area contributed by atoms with Gasteiger partial charge in [-0.3, -0.25) is 4.90 Å². The molecule has 0 aliphatic carbocycles. The van der Waals surface area contributed by atoms with Crippen molar-refractivity contribution in [3.05, 3.63) is 0 Å². The number of rotatable bonds is 4. The number of nitrogens with two attached hydrogens (primary N) is 1. The molecule has 1 aliphatic heterocycles. The van der Waals surface area contributed by atoms with Crippen LogP contribution in [-0.2, 0) is 4.74 Å². The Labute approximate surface area is 104 Å². The topological polar surface area (TPSA) is 67.6 Å². The van der Waals surface area contributed by atoms with Gasteiger partial charge in [0, 0.05) is 19.1 Å². The first kappa shape index (κ1) is 14.3. The summed E-state index contributed by atoms with van der Waals surface area (Å²) in [5, 5.41) is 2.78. The van der Waals surface area contributed by atoms with Gasteiger partial charge in [0.15, 0.2) is 0 Å². The summed E-state index contributed by atoms with van der Waals surface area (Å²) in [6.45, 7) is 8.85. The predicted molar refractivity (Wildman–Crippen MR) is 67.9 cm³/mol. The second-order valence-corrected chi connectivity index (χ2v) is 5.52. The average molecular weight is 243 g/mol. The maximum Gasteiger partial charge on any atom is 0.407 e. The molecular formula is C12H25N3O2. The lowest BCUT2D eigenvalue weighted by Gasteiger charge is -2.27. The minimum Gasteiger partial charge on any atom is -0.444 e. The summed E-state index contributed by atoms with van der Waals surface area (Å²) in [7, 11) is 0. The van der Waals surface area contributed by atoms with Crippen LogP contribution in [0, 0.1) is 0 Å². The van der Waals surface area contributed by atoms with Crippen LogP contribution >= 0.6 is 0 Å². The maximum absolute atomic E-state index is 11.5. The second-order valence-electron chi connectivity index (χ2n) is 5.52. The SMILES string of the molecule is CC(C)(C)OC(=O)NCC(CN)N1CCCC1. The molecule has 3 N–H and O–H groups in total. The smallest absolute Gasteiger partial charge is 0.407 e. The van der Waals surface area contributed by atoms with Crippen LogP contribution < -0.4 is 11.1 Å². The molecule has 17 heavy (non-hydrogen) atoms. The van der Waals surface area contributed by atoms with Crippen LogP contribution in [0.1, 0.15) is 33.6 Å². The van der Waals surface area contributed by atoms with Gasteiger partial charge < -0.3 is 15.8 Å². The number of amides is 1. The highest BCUT2D eigenvalue weighted by atomic mass is 16.6. The van der Waals surface area contributed by atoms with Crippen molar-refractivity contribution in [1.29, 1.82) is 0 Å². The highest BCUT2D eigenvalue weighted by molar-refractivity contribution is 5.67. The van der Waals surface area contributed by atoms with Gasteiger partial charge in [0.25, 0.3) is 0 Å². The fourth-order valence-corrected chi connectivity index (χ4v) is 1.98. The summed E-state index contributed by atoms with van der Waals surface area (Å²) >= 11 is 0. The third kappa shape index (κ3) is 5.37. The summed E-state index contributed by atoms with van der Waals surface area (Å²) < 4.78 is 5.19.